The zero-order valence-electron chi connectivity index (χ0n) is 32.5. The number of pyridine rings is 3. The Morgan fingerprint density at radius 2 is 0.672 bits per heavy atom. The van der Waals surface area contributed by atoms with Crippen molar-refractivity contribution in [2.45, 2.75) is 0 Å². The first-order valence-corrected chi connectivity index (χ1v) is 18.6. The minimum atomic E-state index is -0.246. The molecule has 9 heteroatoms. The molecule has 0 aliphatic rings. The van der Waals surface area contributed by atoms with Crippen molar-refractivity contribution in [3.8, 4) is 33.8 Å². The maximum atomic E-state index is 13.0. The lowest BCUT2D eigenvalue weighted by molar-refractivity contribution is 0.627. The first-order valence-electron chi connectivity index (χ1n) is 18.6. The van der Waals surface area contributed by atoms with Crippen LogP contribution in [-0.4, -0.2) is 43.1 Å². The Balaban J connectivity index is 0.000000133. The van der Waals surface area contributed by atoms with E-state index in [4.69, 9.17) is 5.73 Å². The number of hydrogen-bond donors (Lipinski definition) is 1. The van der Waals surface area contributed by atoms with Gasteiger partial charge in [-0.05, 0) is 146 Å². The molecule has 3 heterocycles. The quantitative estimate of drug-likeness (QED) is 0.176. The van der Waals surface area contributed by atoms with E-state index in [0.29, 0.717) is 5.69 Å². The van der Waals surface area contributed by atoms with Crippen molar-refractivity contribution in [3.63, 3.8) is 0 Å². The lowest BCUT2D eigenvalue weighted by atomic mass is 10.1. The van der Waals surface area contributed by atoms with E-state index < -0.39 is 0 Å². The Morgan fingerprint density at radius 3 is 1.02 bits per heavy atom. The number of benzene rings is 6. The van der Waals surface area contributed by atoms with Gasteiger partial charge in [-0.15, -0.1) is 0 Å². The molecule has 0 unspecified atom stereocenters. The second-order valence-electron chi connectivity index (χ2n) is 14.0. The fraction of sp³-hybridized carbons (Fsp3) is 0.0816. The van der Waals surface area contributed by atoms with Crippen LogP contribution in [0.4, 0.5) is 30.2 Å². The highest BCUT2D eigenvalue weighted by molar-refractivity contribution is 5.94. The summed E-state index contributed by atoms with van der Waals surface area (Å²) >= 11 is 0. The monoisotopic (exact) mass is 770 g/mol. The maximum absolute atomic E-state index is 13.0. The molecule has 0 saturated heterocycles. The van der Waals surface area contributed by atoms with Crippen molar-refractivity contribution in [2.75, 3.05) is 43.7 Å². The lowest BCUT2D eigenvalue weighted by Gasteiger charge is -2.15. The van der Waals surface area contributed by atoms with E-state index in [1.165, 1.54) is 36.4 Å². The summed E-state index contributed by atoms with van der Waals surface area (Å²) in [5, 5.41) is 3.16. The third kappa shape index (κ3) is 8.90. The summed E-state index contributed by atoms with van der Waals surface area (Å²) in [5.41, 5.74) is 16.8. The number of halogens is 3. The number of nitrogens with zero attached hydrogens (tertiary/aromatic N) is 5. The molecule has 0 saturated carbocycles. The minimum Gasteiger partial charge on any atom is -0.398 e. The van der Waals surface area contributed by atoms with E-state index in [1.54, 1.807) is 36.4 Å². The summed E-state index contributed by atoms with van der Waals surface area (Å²) in [6.45, 7) is 0. The van der Waals surface area contributed by atoms with Gasteiger partial charge >= 0.3 is 0 Å². The van der Waals surface area contributed by atoms with Crippen molar-refractivity contribution in [3.05, 3.63) is 181 Å². The predicted molar refractivity (Wildman–Crippen MR) is 234 cm³/mol. The molecule has 6 aromatic carbocycles. The van der Waals surface area contributed by atoms with Gasteiger partial charge in [-0.1, -0.05) is 18.2 Å². The molecule has 0 spiro atoms. The van der Waals surface area contributed by atoms with Crippen LogP contribution in [0.15, 0.2) is 164 Å². The third-order valence-electron chi connectivity index (χ3n) is 9.57. The van der Waals surface area contributed by atoms with Crippen molar-refractivity contribution in [1.29, 1.82) is 0 Å². The topological polar surface area (TPSA) is 71.2 Å². The average molecular weight is 771 g/mol. The fourth-order valence-electron chi connectivity index (χ4n) is 6.58. The van der Waals surface area contributed by atoms with Gasteiger partial charge in [-0.3, -0.25) is 0 Å². The molecule has 0 aliphatic heterocycles. The van der Waals surface area contributed by atoms with Crippen LogP contribution in [0.2, 0.25) is 0 Å². The van der Waals surface area contributed by atoms with E-state index in [2.05, 4.69) is 49.0 Å². The van der Waals surface area contributed by atoms with Crippen LogP contribution in [0, 0.1) is 17.5 Å². The van der Waals surface area contributed by atoms with E-state index in [9.17, 15) is 13.2 Å². The summed E-state index contributed by atoms with van der Waals surface area (Å²) in [6.07, 6.45) is 0. The summed E-state index contributed by atoms with van der Waals surface area (Å²) < 4.78 is 38.8. The van der Waals surface area contributed by atoms with Crippen molar-refractivity contribution < 1.29 is 13.2 Å². The molecule has 9 aromatic rings. The minimum absolute atomic E-state index is 0.232. The molecule has 0 aliphatic carbocycles. The van der Waals surface area contributed by atoms with Crippen LogP contribution >= 0.6 is 0 Å². The van der Waals surface area contributed by atoms with Crippen molar-refractivity contribution in [1.82, 2.24) is 15.0 Å². The Hall–Kier alpha value is -7.26. The molecule has 288 valence electrons. The number of anilines is 3. The van der Waals surface area contributed by atoms with Crippen LogP contribution in [0.5, 0.6) is 0 Å². The van der Waals surface area contributed by atoms with Gasteiger partial charge in [-0.2, -0.15) is 0 Å². The molecular formula is C49H41F3N6. The average Bonchev–Trinajstić information content (AvgIpc) is 3.24. The zero-order valence-corrected chi connectivity index (χ0v) is 32.5. The van der Waals surface area contributed by atoms with Crippen molar-refractivity contribution >= 4 is 49.8 Å². The van der Waals surface area contributed by atoms with E-state index in [0.717, 1.165) is 77.9 Å². The second kappa shape index (κ2) is 17.3. The van der Waals surface area contributed by atoms with Gasteiger partial charge < -0.3 is 15.5 Å². The van der Waals surface area contributed by atoms with Crippen LogP contribution < -0.4 is 15.5 Å². The van der Waals surface area contributed by atoms with Crippen molar-refractivity contribution in [2.24, 2.45) is 0 Å². The summed E-state index contributed by atoms with van der Waals surface area (Å²) in [5.74, 6) is -0.711. The smallest absolute Gasteiger partial charge is 0.123 e. The number of fused-ring (bicyclic) bond motifs is 3. The molecule has 0 atom stereocenters. The normalized spacial score (nSPS) is 10.7. The molecule has 3 aromatic heterocycles. The third-order valence-corrected chi connectivity index (χ3v) is 9.57. The van der Waals surface area contributed by atoms with Crippen LogP contribution in [0.3, 0.4) is 0 Å². The molecule has 0 bridgehead atoms. The first-order chi connectivity index (χ1) is 28.0. The second-order valence-corrected chi connectivity index (χ2v) is 14.0. The van der Waals surface area contributed by atoms with Crippen LogP contribution in [-0.2, 0) is 0 Å². The fourth-order valence-corrected chi connectivity index (χ4v) is 6.58. The molecule has 58 heavy (non-hydrogen) atoms. The molecule has 6 nitrogen and oxygen atoms in total. The maximum Gasteiger partial charge on any atom is 0.123 e. The highest BCUT2D eigenvalue weighted by Gasteiger charge is 2.08. The molecule has 0 radical (unpaired) electrons. The summed E-state index contributed by atoms with van der Waals surface area (Å²) in [7, 11) is 8.07. The van der Waals surface area contributed by atoms with Gasteiger partial charge in [0.25, 0.3) is 0 Å². The Kier molecular flexibility index (Phi) is 11.6. The molecule has 2 N–H and O–H groups in total. The number of hydrogen-bond acceptors (Lipinski definition) is 6. The van der Waals surface area contributed by atoms with E-state index in [1.807, 2.05) is 94.9 Å². The van der Waals surface area contributed by atoms with Gasteiger partial charge in [0.1, 0.15) is 17.5 Å². The Labute approximate surface area is 335 Å². The number of rotatable bonds is 5. The molecular weight excluding hydrogens is 730 g/mol. The summed E-state index contributed by atoms with van der Waals surface area (Å²) in [6, 6.07) is 48.8. The highest BCUT2D eigenvalue weighted by atomic mass is 19.1. The van der Waals surface area contributed by atoms with Crippen LogP contribution in [0.1, 0.15) is 0 Å². The largest absolute Gasteiger partial charge is 0.398 e. The summed E-state index contributed by atoms with van der Waals surface area (Å²) in [4.78, 5) is 18.0. The van der Waals surface area contributed by atoms with Gasteiger partial charge in [0, 0.05) is 78.1 Å². The van der Waals surface area contributed by atoms with Crippen LogP contribution in [0.25, 0.3) is 66.5 Å². The van der Waals surface area contributed by atoms with Gasteiger partial charge in [0.05, 0.1) is 33.6 Å². The standard InChI is InChI=1S/2C17H15FN2.C15H11FN2/c2*1-20(2)17-5-3-4-16-14(17)10-11-15(19-16)12-6-8-13(18)9-7-12;16-11-6-4-10(5-7-11)14-9-8-12-13(17)2-1-3-15(12)18-14/h2*3-11H,1-2H3;1-9H,17H2. The van der Waals surface area contributed by atoms with Gasteiger partial charge in [0.15, 0.2) is 0 Å². The number of nitrogens with two attached hydrogens (primary N) is 1. The Bertz CT molecular complexity index is 2690. The first kappa shape index (κ1) is 39.0. The zero-order chi connectivity index (χ0) is 40.8. The SMILES string of the molecule is CN(C)c1cccc2nc(-c3ccc(F)cc3)ccc12.CN(C)c1cccc2nc(-c3ccc(F)cc3)ccc12.Nc1cccc2nc(-c3ccc(F)cc3)ccc12. The molecule has 9 rings (SSSR count). The van der Waals surface area contributed by atoms with E-state index >= 15 is 0 Å². The lowest BCUT2D eigenvalue weighted by Crippen LogP contribution is -2.09. The molecule has 0 amide bonds. The number of nitrogen functional groups attached to an aromatic ring is 1. The van der Waals surface area contributed by atoms with Gasteiger partial charge in [-0.25, -0.2) is 28.1 Å². The highest BCUT2D eigenvalue weighted by Crippen LogP contribution is 2.29. The van der Waals surface area contributed by atoms with E-state index in [-0.39, 0.29) is 17.5 Å². The number of aromatic nitrogens is 3. The molecule has 0 fully saturated rings. The Morgan fingerprint density at radius 1 is 0.362 bits per heavy atom. The predicted octanol–water partition coefficient (Wildman–Crippen LogP) is 11.8. The van der Waals surface area contributed by atoms with Gasteiger partial charge in [0.2, 0.25) is 0 Å².